The predicted octanol–water partition coefficient (Wildman–Crippen LogP) is 1.42. The van der Waals surface area contributed by atoms with E-state index in [0.29, 0.717) is 18.6 Å². The highest BCUT2D eigenvalue weighted by Crippen LogP contribution is 2.29. The first-order chi connectivity index (χ1) is 9.89. The number of hydrogen-bond donors (Lipinski definition) is 3. The van der Waals surface area contributed by atoms with Crippen LogP contribution >= 0.6 is 0 Å². The molecule has 0 bridgehead atoms. The Hall–Kier alpha value is -2.02. The minimum Gasteiger partial charge on any atom is -0.475 e. The zero-order valence-electron chi connectivity index (χ0n) is 12.0. The summed E-state index contributed by atoms with van der Waals surface area (Å²) in [5.74, 6) is -0.935. The number of carboxylic acids is 1. The lowest BCUT2D eigenvalue weighted by atomic mass is 10.0. The van der Waals surface area contributed by atoms with Crippen molar-refractivity contribution in [3.8, 4) is 0 Å². The van der Waals surface area contributed by atoms with Gasteiger partial charge in [-0.2, -0.15) is 0 Å². The molecule has 1 heterocycles. The summed E-state index contributed by atoms with van der Waals surface area (Å²) in [5.41, 5.74) is -0.784. The first-order valence-corrected chi connectivity index (χ1v) is 6.93. The van der Waals surface area contributed by atoms with E-state index in [-0.39, 0.29) is 24.9 Å². The summed E-state index contributed by atoms with van der Waals surface area (Å²) in [4.78, 5) is 24.0. The van der Waals surface area contributed by atoms with Crippen molar-refractivity contribution < 1.29 is 24.2 Å². The lowest BCUT2D eigenvalue weighted by Gasteiger charge is -2.28. The van der Waals surface area contributed by atoms with Crippen LogP contribution in [0.15, 0.2) is 16.5 Å². The van der Waals surface area contributed by atoms with Crippen molar-refractivity contribution in [2.75, 3.05) is 13.6 Å². The van der Waals surface area contributed by atoms with Crippen LogP contribution in [-0.4, -0.2) is 46.3 Å². The third kappa shape index (κ3) is 3.98. The maximum absolute atomic E-state index is 11.9. The van der Waals surface area contributed by atoms with Crippen LogP contribution in [0.2, 0.25) is 0 Å². The van der Waals surface area contributed by atoms with E-state index in [4.69, 9.17) is 9.52 Å². The van der Waals surface area contributed by atoms with E-state index in [2.05, 4.69) is 5.32 Å². The fourth-order valence-corrected chi connectivity index (χ4v) is 2.59. The van der Waals surface area contributed by atoms with Crippen molar-refractivity contribution in [2.24, 2.45) is 0 Å². The molecule has 1 saturated carbocycles. The first-order valence-electron chi connectivity index (χ1n) is 6.93. The standard InChI is InChI=1S/C14H20N2O5/c1-16(9-14(20)6-2-3-7-14)13(19)15-8-10-4-5-11(21-10)12(17)18/h4-5,20H,2-3,6-9H2,1H3,(H,15,19)(H,17,18). The van der Waals surface area contributed by atoms with Gasteiger partial charge < -0.3 is 24.8 Å². The van der Waals surface area contributed by atoms with Gasteiger partial charge in [0.15, 0.2) is 0 Å². The number of aromatic carboxylic acids is 1. The van der Waals surface area contributed by atoms with Gasteiger partial charge in [0.1, 0.15) is 5.76 Å². The second-order valence-electron chi connectivity index (χ2n) is 5.52. The fraction of sp³-hybridized carbons (Fsp3) is 0.571. The molecule has 0 atom stereocenters. The van der Waals surface area contributed by atoms with Gasteiger partial charge in [-0.25, -0.2) is 9.59 Å². The van der Waals surface area contributed by atoms with Gasteiger partial charge in [-0.3, -0.25) is 0 Å². The van der Waals surface area contributed by atoms with Crippen LogP contribution in [-0.2, 0) is 6.54 Å². The summed E-state index contributed by atoms with van der Waals surface area (Å²) in [6.45, 7) is 0.395. The molecule has 1 aliphatic rings. The normalized spacial score (nSPS) is 16.7. The van der Waals surface area contributed by atoms with Crippen LogP contribution in [0.1, 0.15) is 42.0 Å². The number of nitrogens with zero attached hydrogens (tertiary/aromatic N) is 1. The summed E-state index contributed by atoms with van der Waals surface area (Å²) in [7, 11) is 1.62. The van der Waals surface area contributed by atoms with Gasteiger partial charge in [0, 0.05) is 7.05 Å². The quantitative estimate of drug-likeness (QED) is 0.762. The molecule has 1 aromatic heterocycles. The Labute approximate surface area is 122 Å². The number of carbonyl (C=O) groups excluding carboxylic acids is 1. The minimum absolute atomic E-state index is 0.106. The highest BCUT2D eigenvalue weighted by molar-refractivity contribution is 5.84. The molecule has 2 rings (SSSR count). The molecular weight excluding hydrogens is 276 g/mol. The summed E-state index contributed by atoms with van der Waals surface area (Å²) < 4.78 is 5.05. The number of amides is 2. The molecule has 0 radical (unpaired) electrons. The number of hydrogen-bond acceptors (Lipinski definition) is 4. The van der Waals surface area contributed by atoms with Crippen LogP contribution in [0.3, 0.4) is 0 Å². The summed E-state index contributed by atoms with van der Waals surface area (Å²) in [6.07, 6.45) is 3.39. The molecule has 116 valence electrons. The number of furan rings is 1. The Morgan fingerprint density at radius 3 is 2.62 bits per heavy atom. The van der Waals surface area contributed by atoms with E-state index in [1.54, 1.807) is 7.05 Å². The molecule has 7 heteroatoms. The van der Waals surface area contributed by atoms with Gasteiger partial charge >= 0.3 is 12.0 Å². The Bertz CT molecular complexity index is 519. The molecule has 7 nitrogen and oxygen atoms in total. The lowest BCUT2D eigenvalue weighted by molar-refractivity contribution is 0.0246. The summed E-state index contributed by atoms with van der Waals surface area (Å²) in [5, 5.41) is 21.6. The van der Waals surface area contributed by atoms with E-state index in [1.165, 1.54) is 17.0 Å². The Balaban J connectivity index is 1.81. The fourth-order valence-electron chi connectivity index (χ4n) is 2.59. The predicted molar refractivity (Wildman–Crippen MR) is 74.0 cm³/mol. The molecule has 0 unspecified atom stereocenters. The average Bonchev–Trinajstić information content (AvgIpc) is 3.05. The number of nitrogens with one attached hydrogen (secondary N) is 1. The second-order valence-corrected chi connectivity index (χ2v) is 5.52. The molecule has 3 N–H and O–H groups in total. The number of rotatable bonds is 5. The van der Waals surface area contributed by atoms with Crippen molar-refractivity contribution in [2.45, 2.75) is 37.8 Å². The number of carboxylic acid groups (broad SMARTS) is 1. The topological polar surface area (TPSA) is 103 Å². The average molecular weight is 296 g/mol. The SMILES string of the molecule is CN(CC1(O)CCCC1)C(=O)NCc1ccc(C(=O)O)o1. The van der Waals surface area contributed by atoms with Crippen LogP contribution in [0.4, 0.5) is 4.79 Å². The van der Waals surface area contributed by atoms with Gasteiger partial charge in [-0.15, -0.1) is 0 Å². The van der Waals surface area contributed by atoms with E-state index >= 15 is 0 Å². The number of aliphatic hydroxyl groups is 1. The van der Waals surface area contributed by atoms with Gasteiger partial charge in [-0.1, -0.05) is 12.8 Å². The highest BCUT2D eigenvalue weighted by atomic mass is 16.4. The first kappa shape index (κ1) is 15.4. The molecular formula is C14H20N2O5. The smallest absolute Gasteiger partial charge is 0.371 e. The third-order valence-corrected chi connectivity index (χ3v) is 3.70. The van der Waals surface area contributed by atoms with Crippen LogP contribution in [0.25, 0.3) is 0 Å². The summed E-state index contributed by atoms with van der Waals surface area (Å²) >= 11 is 0. The lowest BCUT2D eigenvalue weighted by Crippen LogP contribution is -2.45. The van der Waals surface area contributed by atoms with Crippen LogP contribution < -0.4 is 5.32 Å². The van der Waals surface area contributed by atoms with Crippen molar-refractivity contribution in [3.05, 3.63) is 23.7 Å². The Kier molecular flexibility index (Phi) is 4.52. The van der Waals surface area contributed by atoms with Crippen molar-refractivity contribution >= 4 is 12.0 Å². The molecule has 1 aromatic rings. The van der Waals surface area contributed by atoms with Gasteiger partial charge in [0.05, 0.1) is 18.7 Å². The summed E-state index contributed by atoms with van der Waals surface area (Å²) in [6, 6.07) is 2.52. The van der Waals surface area contributed by atoms with E-state index in [0.717, 1.165) is 12.8 Å². The number of likely N-dealkylation sites (N-methyl/N-ethyl adjacent to an activating group) is 1. The Morgan fingerprint density at radius 1 is 1.38 bits per heavy atom. The van der Waals surface area contributed by atoms with E-state index in [9.17, 15) is 14.7 Å². The van der Waals surface area contributed by atoms with Gasteiger partial charge in [-0.05, 0) is 25.0 Å². The number of carbonyl (C=O) groups is 2. The zero-order valence-corrected chi connectivity index (χ0v) is 12.0. The molecule has 0 saturated heterocycles. The maximum Gasteiger partial charge on any atom is 0.371 e. The molecule has 0 aliphatic heterocycles. The third-order valence-electron chi connectivity index (χ3n) is 3.70. The van der Waals surface area contributed by atoms with Gasteiger partial charge in [0.25, 0.3) is 0 Å². The molecule has 1 aliphatic carbocycles. The largest absolute Gasteiger partial charge is 0.475 e. The number of urea groups is 1. The zero-order chi connectivity index (χ0) is 15.5. The van der Waals surface area contributed by atoms with E-state index < -0.39 is 11.6 Å². The molecule has 2 amide bonds. The van der Waals surface area contributed by atoms with Crippen molar-refractivity contribution in [1.29, 1.82) is 0 Å². The molecule has 0 spiro atoms. The van der Waals surface area contributed by atoms with Crippen molar-refractivity contribution in [3.63, 3.8) is 0 Å². The minimum atomic E-state index is -1.15. The highest BCUT2D eigenvalue weighted by Gasteiger charge is 2.33. The van der Waals surface area contributed by atoms with Crippen LogP contribution in [0, 0.1) is 0 Å². The molecule has 1 fully saturated rings. The molecule has 21 heavy (non-hydrogen) atoms. The monoisotopic (exact) mass is 296 g/mol. The van der Waals surface area contributed by atoms with Crippen LogP contribution in [0.5, 0.6) is 0 Å². The second kappa shape index (κ2) is 6.17. The Morgan fingerprint density at radius 2 is 2.05 bits per heavy atom. The molecule has 0 aromatic carbocycles. The van der Waals surface area contributed by atoms with Crippen molar-refractivity contribution in [1.82, 2.24) is 10.2 Å². The van der Waals surface area contributed by atoms with Gasteiger partial charge in [0.2, 0.25) is 5.76 Å². The maximum atomic E-state index is 11.9. The van der Waals surface area contributed by atoms with E-state index in [1.807, 2.05) is 0 Å².